The van der Waals surface area contributed by atoms with Crippen LogP contribution >= 0.6 is 15.9 Å². The summed E-state index contributed by atoms with van der Waals surface area (Å²) in [7, 11) is 0. The van der Waals surface area contributed by atoms with Gasteiger partial charge in [-0.2, -0.15) is 0 Å². The molecular formula is C14H16BrFO2. The van der Waals surface area contributed by atoms with Crippen molar-refractivity contribution in [2.75, 3.05) is 0 Å². The Bertz CT molecular complexity index is 437. The number of hydrogen-bond acceptors (Lipinski definition) is 2. The zero-order chi connectivity index (χ0) is 12.8. The maximum atomic E-state index is 13.3. The zero-order valence-corrected chi connectivity index (χ0v) is 11.6. The normalized spacial score (nSPS) is 29.3. The van der Waals surface area contributed by atoms with Gasteiger partial charge in [0.05, 0.1) is 6.10 Å². The van der Waals surface area contributed by atoms with Crippen LogP contribution in [-0.2, 0) is 0 Å². The molecule has 2 nitrogen and oxygen atoms in total. The smallest absolute Gasteiger partial charge is 0.128 e. The minimum Gasteiger partial charge on any atom is -0.490 e. The zero-order valence-electron chi connectivity index (χ0n) is 10.0. The van der Waals surface area contributed by atoms with Crippen molar-refractivity contribution >= 4 is 15.9 Å². The molecule has 0 saturated heterocycles. The van der Waals surface area contributed by atoms with Gasteiger partial charge in [0.2, 0.25) is 0 Å². The maximum absolute atomic E-state index is 13.3. The van der Waals surface area contributed by atoms with E-state index in [1.807, 2.05) is 0 Å². The van der Waals surface area contributed by atoms with Crippen molar-refractivity contribution in [3.05, 3.63) is 28.5 Å². The van der Waals surface area contributed by atoms with Gasteiger partial charge in [-0.1, -0.05) is 28.8 Å². The molecule has 0 bridgehead atoms. The summed E-state index contributed by atoms with van der Waals surface area (Å²) >= 11 is 3.26. The fraction of sp³-hybridized carbons (Fsp3) is 0.571. The SMILES string of the molecule is OC1CC(Oc2cc(F)cc(Br)c2)C12CCCC2. The molecule has 2 atom stereocenters. The molecule has 2 fully saturated rings. The monoisotopic (exact) mass is 314 g/mol. The lowest BCUT2D eigenvalue weighted by atomic mass is 9.62. The van der Waals surface area contributed by atoms with Gasteiger partial charge < -0.3 is 9.84 Å². The highest BCUT2D eigenvalue weighted by molar-refractivity contribution is 9.10. The van der Waals surface area contributed by atoms with Crippen molar-refractivity contribution in [1.82, 2.24) is 0 Å². The molecule has 0 heterocycles. The molecule has 4 heteroatoms. The van der Waals surface area contributed by atoms with Crippen LogP contribution in [0.5, 0.6) is 5.75 Å². The predicted molar refractivity (Wildman–Crippen MR) is 70.0 cm³/mol. The van der Waals surface area contributed by atoms with Crippen molar-refractivity contribution in [2.24, 2.45) is 5.41 Å². The lowest BCUT2D eigenvalue weighted by molar-refractivity contribution is -0.152. The number of hydrogen-bond donors (Lipinski definition) is 1. The second kappa shape index (κ2) is 4.49. The van der Waals surface area contributed by atoms with Gasteiger partial charge in [-0.15, -0.1) is 0 Å². The second-order valence-electron chi connectivity index (χ2n) is 5.40. The van der Waals surface area contributed by atoms with E-state index >= 15 is 0 Å². The van der Waals surface area contributed by atoms with Crippen molar-refractivity contribution in [2.45, 2.75) is 44.3 Å². The highest BCUT2D eigenvalue weighted by Gasteiger charge is 2.57. The van der Waals surface area contributed by atoms with E-state index in [1.54, 1.807) is 6.07 Å². The molecule has 2 aliphatic rings. The molecule has 2 unspecified atom stereocenters. The van der Waals surface area contributed by atoms with E-state index in [0.29, 0.717) is 16.6 Å². The first-order chi connectivity index (χ1) is 8.60. The van der Waals surface area contributed by atoms with Crippen molar-refractivity contribution in [3.63, 3.8) is 0 Å². The molecule has 0 amide bonds. The summed E-state index contributed by atoms with van der Waals surface area (Å²) in [6.45, 7) is 0. The molecule has 1 N–H and O–H groups in total. The number of benzene rings is 1. The number of halogens is 2. The van der Waals surface area contributed by atoms with Crippen LogP contribution in [0.1, 0.15) is 32.1 Å². The molecule has 98 valence electrons. The van der Waals surface area contributed by atoms with Crippen LogP contribution in [0.15, 0.2) is 22.7 Å². The Morgan fingerprint density at radius 3 is 2.61 bits per heavy atom. The average molecular weight is 315 g/mol. The Balaban J connectivity index is 1.77. The first-order valence-corrected chi connectivity index (χ1v) is 7.20. The molecule has 3 rings (SSSR count). The molecule has 1 spiro atoms. The summed E-state index contributed by atoms with van der Waals surface area (Å²) in [5, 5.41) is 9.99. The topological polar surface area (TPSA) is 29.5 Å². The van der Waals surface area contributed by atoms with Gasteiger partial charge in [-0.3, -0.25) is 0 Å². The Morgan fingerprint density at radius 1 is 1.28 bits per heavy atom. The molecular weight excluding hydrogens is 299 g/mol. The summed E-state index contributed by atoms with van der Waals surface area (Å²) in [5.41, 5.74) is -0.0706. The second-order valence-corrected chi connectivity index (χ2v) is 6.32. The van der Waals surface area contributed by atoms with Crippen molar-refractivity contribution in [1.29, 1.82) is 0 Å². The highest BCUT2D eigenvalue weighted by atomic mass is 79.9. The molecule has 0 aromatic heterocycles. The highest BCUT2D eigenvalue weighted by Crippen LogP contribution is 2.54. The fourth-order valence-electron chi connectivity index (χ4n) is 3.34. The van der Waals surface area contributed by atoms with E-state index < -0.39 is 0 Å². The average Bonchev–Trinajstić information content (AvgIpc) is 2.79. The van der Waals surface area contributed by atoms with Crippen LogP contribution in [-0.4, -0.2) is 17.3 Å². The Labute approximate surface area is 114 Å². The number of rotatable bonds is 2. The Morgan fingerprint density at radius 2 is 2.00 bits per heavy atom. The minimum absolute atomic E-state index is 0.0312. The minimum atomic E-state index is -0.306. The Kier molecular flexibility index (Phi) is 3.10. The van der Waals surface area contributed by atoms with Crippen LogP contribution in [0.4, 0.5) is 4.39 Å². The summed E-state index contributed by atoms with van der Waals surface area (Å²) in [4.78, 5) is 0. The van der Waals surface area contributed by atoms with E-state index in [0.717, 1.165) is 25.7 Å². The van der Waals surface area contributed by atoms with Gasteiger partial charge in [-0.25, -0.2) is 4.39 Å². The lowest BCUT2D eigenvalue weighted by Crippen LogP contribution is -2.58. The molecule has 1 aromatic carbocycles. The molecule has 2 saturated carbocycles. The van der Waals surface area contributed by atoms with E-state index in [2.05, 4.69) is 15.9 Å². The largest absolute Gasteiger partial charge is 0.490 e. The third-order valence-corrected chi connectivity index (χ3v) is 4.85. The van der Waals surface area contributed by atoms with E-state index in [-0.39, 0.29) is 23.4 Å². The van der Waals surface area contributed by atoms with Crippen LogP contribution in [0.2, 0.25) is 0 Å². The van der Waals surface area contributed by atoms with Gasteiger partial charge in [0.25, 0.3) is 0 Å². The van der Waals surface area contributed by atoms with Crippen molar-refractivity contribution in [3.8, 4) is 5.75 Å². The molecule has 0 radical (unpaired) electrons. The Hall–Kier alpha value is -0.610. The summed E-state index contributed by atoms with van der Waals surface area (Å²) in [5.74, 6) is 0.241. The van der Waals surface area contributed by atoms with Gasteiger partial charge >= 0.3 is 0 Å². The summed E-state index contributed by atoms with van der Waals surface area (Å²) in [6, 6.07) is 4.59. The fourth-order valence-corrected chi connectivity index (χ4v) is 3.79. The first kappa shape index (κ1) is 12.4. The standard InChI is InChI=1S/C14H16BrFO2/c15-9-5-10(16)7-11(6-9)18-13-8-12(17)14(13)3-1-2-4-14/h5-7,12-13,17H,1-4,8H2. The number of aliphatic hydroxyl groups is 1. The first-order valence-electron chi connectivity index (χ1n) is 6.41. The molecule has 18 heavy (non-hydrogen) atoms. The van der Waals surface area contributed by atoms with Crippen molar-refractivity contribution < 1.29 is 14.2 Å². The van der Waals surface area contributed by atoms with Gasteiger partial charge in [0, 0.05) is 22.4 Å². The maximum Gasteiger partial charge on any atom is 0.128 e. The van der Waals surface area contributed by atoms with E-state index in [4.69, 9.17) is 4.74 Å². The van der Waals surface area contributed by atoms with E-state index in [9.17, 15) is 9.50 Å². The third kappa shape index (κ3) is 1.95. The lowest BCUT2D eigenvalue weighted by Gasteiger charge is -2.51. The molecule has 2 aliphatic carbocycles. The van der Waals surface area contributed by atoms with Crippen LogP contribution in [0.3, 0.4) is 0 Å². The quantitative estimate of drug-likeness (QED) is 0.902. The van der Waals surface area contributed by atoms with Gasteiger partial charge in [-0.05, 0) is 25.0 Å². The van der Waals surface area contributed by atoms with Gasteiger partial charge in [0.1, 0.15) is 17.7 Å². The molecule has 1 aromatic rings. The number of ether oxygens (including phenoxy) is 1. The number of aliphatic hydroxyl groups excluding tert-OH is 1. The summed E-state index contributed by atoms with van der Waals surface area (Å²) in [6.07, 6.45) is 4.80. The summed E-state index contributed by atoms with van der Waals surface area (Å²) < 4.78 is 19.9. The van der Waals surface area contributed by atoms with Crippen LogP contribution in [0, 0.1) is 11.2 Å². The van der Waals surface area contributed by atoms with E-state index in [1.165, 1.54) is 12.1 Å². The van der Waals surface area contributed by atoms with Crippen LogP contribution < -0.4 is 4.74 Å². The third-order valence-electron chi connectivity index (χ3n) is 4.39. The molecule has 0 aliphatic heterocycles. The van der Waals surface area contributed by atoms with Gasteiger partial charge in [0.15, 0.2) is 0 Å². The predicted octanol–water partition coefficient (Wildman–Crippen LogP) is 3.66. The van der Waals surface area contributed by atoms with Crippen LogP contribution in [0.25, 0.3) is 0 Å².